The van der Waals surface area contributed by atoms with Crippen molar-refractivity contribution in [3.05, 3.63) is 29.8 Å². The molecule has 0 saturated heterocycles. The maximum atomic E-state index is 12.4. The van der Waals surface area contributed by atoms with Crippen molar-refractivity contribution in [2.24, 2.45) is 5.73 Å². The molecule has 0 bridgehead atoms. The van der Waals surface area contributed by atoms with Crippen LogP contribution in [0.25, 0.3) is 0 Å². The minimum Gasteiger partial charge on any atom is -0.491 e. The minimum atomic E-state index is 0.0153. The second kappa shape index (κ2) is 7.79. The fraction of sp³-hybridized carbons (Fsp3) is 0.533. The summed E-state index contributed by atoms with van der Waals surface area (Å²) < 4.78 is 5.61. The number of ether oxygens (including phenoxy) is 1. The van der Waals surface area contributed by atoms with Crippen molar-refractivity contribution in [3.8, 4) is 5.75 Å². The van der Waals surface area contributed by atoms with Crippen LogP contribution >= 0.6 is 0 Å². The van der Waals surface area contributed by atoms with E-state index in [0.717, 1.165) is 18.7 Å². The van der Waals surface area contributed by atoms with Gasteiger partial charge in [-0.1, -0.05) is 13.0 Å². The summed E-state index contributed by atoms with van der Waals surface area (Å²) in [5, 5.41) is 0. The number of nitrogens with two attached hydrogens (primary N) is 1. The zero-order valence-electron chi connectivity index (χ0n) is 12.1. The molecule has 1 amide bonds. The van der Waals surface area contributed by atoms with Gasteiger partial charge in [-0.15, -0.1) is 0 Å². The van der Waals surface area contributed by atoms with Crippen molar-refractivity contribution >= 4 is 5.91 Å². The molecule has 4 nitrogen and oxygen atoms in total. The Morgan fingerprint density at radius 3 is 2.68 bits per heavy atom. The zero-order chi connectivity index (χ0) is 14.3. The van der Waals surface area contributed by atoms with E-state index >= 15 is 0 Å². The Morgan fingerprint density at radius 1 is 1.37 bits per heavy atom. The summed E-state index contributed by atoms with van der Waals surface area (Å²) in [4.78, 5) is 14.2. The molecule has 0 aromatic heterocycles. The Balaban J connectivity index is 2.84. The molecule has 0 heterocycles. The number of benzene rings is 1. The van der Waals surface area contributed by atoms with Crippen LogP contribution in [-0.2, 0) is 0 Å². The fourth-order valence-electron chi connectivity index (χ4n) is 1.90. The SMILES string of the molecule is CCCN(CCN)C(=O)c1cccc(OC(C)C)c1. The number of carbonyl (C=O) groups is 1. The highest BCUT2D eigenvalue weighted by molar-refractivity contribution is 5.94. The second-order valence-corrected chi connectivity index (χ2v) is 4.78. The van der Waals surface area contributed by atoms with Crippen molar-refractivity contribution in [2.45, 2.75) is 33.3 Å². The molecule has 1 rings (SSSR count). The Morgan fingerprint density at radius 2 is 2.11 bits per heavy atom. The van der Waals surface area contributed by atoms with Crippen molar-refractivity contribution in [1.29, 1.82) is 0 Å². The van der Waals surface area contributed by atoms with Crippen LogP contribution in [0, 0.1) is 0 Å². The lowest BCUT2D eigenvalue weighted by molar-refractivity contribution is 0.0759. The average Bonchev–Trinajstić information content (AvgIpc) is 2.37. The van der Waals surface area contributed by atoms with Gasteiger partial charge in [0, 0.05) is 25.2 Å². The predicted molar refractivity (Wildman–Crippen MR) is 77.5 cm³/mol. The highest BCUT2D eigenvalue weighted by Crippen LogP contribution is 2.16. The Bertz CT molecular complexity index is 399. The van der Waals surface area contributed by atoms with E-state index in [1.807, 2.05) is 32.0 Å². The van der Waals surface area contributed by atoms with Crippen LogP contribution in [0.3, 0.4) is 0 Å². The molecular weight excluding hydrogens is 240 g/mol. The number of amides is 1. The monoisotopic (exact) mass is 264 g/mol. The summed E-state index contributed by atoms with van der Waals surface area (Å²) in [6.07, 6.45) is 1.02. The van der Waals surface area contributed by atoms with Gasteiger partial charge in [-0.25, -0.2) is 0 Å². The van der Waals surface area contributed by atoms with E-state index < -0.39 is 0 Å². The Kier molecular flexibility index (Phi) is 6.36. The standard InChI is InChI=1S/C15H24N2O2/c1-4-9-17(10-8-16)15(18)13-6-5-7-14(11-13)19-12(2)3/h5-7,11-12H,4,8-10,16H2,1-3H3. The second-order valence-electron chi connectivity index (χ2n) is 4.78. The normalized spacial score (nSPS) is 10.6. The largest absolute Gasteiger partial charge is 0.491 e. The smallest absolute Gasteiger partial charge is 0.254 e. The average molecular weight is 264 g/mol. The van der Waals surface area contributed by atoms with Crippen LogP contribution in [0.2, 0.25) is 0 Å². The summed E-state index contributed by atoms with van der Waals surface area (Å²) in [7, 11) is 0. The third-order valence-electron chi connectivity index (χ3n) is 2.63. The first kappa shape index (κ1) is 15.5. The fourth-order valence-corrected chi connectivity index (χ4v) is 1.90. The number of nitrogens with zero attached hydrogens (tertiary/aromatic N) is 1. The molecule has 0 saturated carbocycles. The van der Waals surface area contributed by atoms with Crippen molar-refractivity contribution in [1.82, 2.24) is 4.90 Å². The molecule has 0 aliphatic carbocycles. The molecule has 0 unspecified atom stereocenters. The van der Waals surface area contributed by atoms with Gasteiger partial charge in [0.2, 0.25) is 0 Å². The van der Waals surface area contributed by atoms with Crippen LogP contribution in [0.5, 0.6) is 5.75 Å². The predicted octanol–water partition coefficient (Wildman–Crippen LogP) is 2.28. The quantitative estimate of drug-likeness (QED) is 0.822. The van der Waals surface area contributed by atoms with Crippen LogP contribution in [0.15, 0.2) is 24.3 Å². The highest BCUT2D eigenvalue weighted by atomic mass is 16.5. The van der Waals surface area contributed by atoms with Gasteiger partial charge in [0.1, 0.15) is 5.75 Å². The molecule has 0 atom stereocenters. The highest BCUT2D eigenvalue weighted by Gasteiger charge is 2.14. The van der Waals surface area contributed by atoms with E-state index in [2.05, 4.69) is 6.92 Å². The molecule has 1 aromatic carbocycles. The lowest BCUT2D eigenvalue weighted by Gasteiger charge is -2.21. The number of hydrogen-bond acceptors (Lipinski definition) is 3. The van der Waals surface area contributed by atoms with Gasteiger partial charge in [-0.2, -0.15) is 0 Å². The zero-order valence-corrected chi connectivity index (χ0v) is 12.1. The molecule has 2 N–H and O–H groups in total. The van der Waals surface area contributed by atoms with E-state index in [9.17, 15) is 4.79 Å². The van der Waals surface area contributed by atoms with Crippen LogP contribution < -0.4 is 10.5 Å². The van der Waals surface area contributed by atoms with E-state index in [-0.39, 0.29) is 12.0 Å². The third kappa shape index (κ3) is 4.91. The minimum absolute atomic E-state index is 0.0153. The molecule has 0 aliphatic heterocycles. The first-order valence-corrected chi connectivity index (χ1v) is 6.84. The molecular formula is C15H24N2O2. The summed E-state index contributed by atoms with van der Waals surface area (Å²) >= 11 is 0. The van der Waals surface area contributed by atoms with E-state index in [1.165, 1.54) is 0 Å². The lowest BCUT2D eigenvalue weighted by Crippen LogP contribution is -2.35. The molecule has 1 aromatic rings. The van der Waals surface area contributed by atoms with Gasteiger partial charge >= 0.3 is 0 Å². The summed E-state index contributed by atoms with van der Waals surface area (Å²) in [5.74, 6) is 0.742. The van der Waals surface area contributed by atoms with Crippen LogP contribution in [-0.4, -0.2) is 36.5 Å². The molecule has 0 spiro atoms. The Hall–Kier alpha value is -1.55. The molecule has 106 valence electrons. The molecule has 0 aliphatic rings. The molecule has 19 heavy (non-hydrogen) atoms. The maximum Gasteiger partial charge on any atom is 0.254 e. The van der Waals surface area contributed by atoms with Gasteiger partial charge in [0.15, 0.2) is 0 Å². The topological polar surface area (TPSA) is 55.6 Å². The third-order valence-corrected chi connectivity index (χ3v) is 2.63. The number of carbonyl (C=O) groups excluding carboxylic acids is 1. The van der Waals surface area contributed by atoms with E-state index in [4.69, 9.17) is 10.5 Å². The van der Waals surface area contributed by atoms with Crippen molar-refractivity contribution in [3.63, 3.8) is 0 Å². The first-order chi connectivity index (χ1) is 9.08. The Labute approximate surface area is 115 Å². The van der Waals surface area contributed by atoms with Crippen LogP contribution in [0.1, 0.15) is 37.6 Å². The molecule has 0 fully saturated rings. The van der Waals surface area contributed by atoms with Gasteiger partial charge in [-0.05, 0) is 38.5 Å². The summed E-state index contributed by atoms with van der Waals surface area (Å²) in [6.45, 7) is 7.77. The maximum absolute atomic E-state index is 12.4. The van der Waals surface area contributed by atoms with E-state index in [1.54, 1.807) is 11.0 Å². The van der Waals surface area contributed by atoms with Crippen molar-refractivity contribution < 1.29 is 9.53 Å². The number of rotatable bonds is 7. The summed E-state index contributed by atoms with van der Waals surface area (Å²) in [5.41, 5.74) is 6.21. The van der Waals surface area contributed by atoms with Crippen LogP contribution in [0.4, 0.5) is 0 Å². The molecule has 4 heteroatoms. The van der Waals surface area contributed by atoms with Gasteiger partial charge < -0.3 is 15.4 Å². The lowest BCUT2D eigenvalue weighted by atomic mass is 10.2. The van der Waals surface area contributed by atoms with Gasteiger partial charge in [0.25, 0.3) is 5.91 Å². The first-order valence-electron chi connectivity index (χ1n) is 6.84. The van der Waals surface area contributed by atoms with Gasteiger partial charge in [-0.3, -0.25) is 4.79 Å². The molecule has 0 radical (unpaired) electrons. The van der Waals surface area contributed by atoms with Crippen molar-refractivity contribution in [2.75, 3.05) is 19.6 Å². The summed E-state index contributed by atoms with van der Waals surface area (Å²) in [6, 6.07) is 7.32. The van der Waals surface area contributed by atoms with Gasteiger partial charge in [0.05, 0.1) is 6.10 Å². The van der Waals surface area contributed by atoms with E-state index in [0.29, 0.717) is 18.7 Å². The number of hydrogen-bond donors (Lipinski definition) is 1.